The highest BCUT2D eigenvalue weighted by molar-refractivity contribution is 7.99. The van der Waals surface area contributed by atoms with Crippen molar-refractivity contribution < 1.29 is 4.79 Å². The molecule has 4 nitrogen and oxygen atoms in total. The number of nitrogens with one attached hydrogen (secondary N) is 1. The summed E-state index contributed by atoms with van der Waals surface area (Å²) in [5.74, 6) is 2.48. The number of likely N-dealkylation sites (tertiary alicyclic amines) is 2. The molecule has 1 aromatic rings. The normalized spacial score (nSPS) is 22.7. The molecule has 1 N–H and O–H groups in total. The van der Waals surface area contributed by atoms with Crippen LogP contribution < -0.4 is 5.32 Å². The molecule has 3 rings (SSSR count). The molecule has 2 heterocycles. The van der Waals surface area contributed by atoms with Crippen molar-refractivity contribution in [2.45, 2.75) is 44.7 Å². The van der Waals surface area contributed by atoms with E-state index >= 15 is 0 Å². The molecule has 24 heavy (non-hydrogen) atoms. The van der Waals surface area contributed by atoms with E-state index in [1.807, 2.05) is 35.2 Å². The lowest BCUT2D eigenvalue weighted by atomic mass is 10.0. The molecular weight excluding hydrogens is 318 g/mol. The van der Waals surface area contributed by atoms with Crippen molar-refractivity contribution in [1.82, 2.24) is 9.80 Å². The second-order valence-corrected chi connectivity index (χ2v) is 8.03. The highest BCUT2D eigenvalue weighted by Crippen LogP contribution is 2.28. The Kier molecular flexibility index (Phi) is 6.44. The first-order chi connectivity index (χ1) is 11.8. The summed E-state index contributed by atoms with van der Waals surface area (Å²) in [5, 5.41) is 3.00. The Morgan fingerprint density at radius 1 is 1.17 bits per heavy atom. The van der Waals surface area contributed by atoms with Crippen LogP contribution in [0.4, 0.5) is 10.5 Å². The monoisotopic (exact) mass is 347 g/mol. The third-order valence-corrected chi connectivity index (χ3v) is 6.21. The number of anilines is 1. The lowest BCUT2D eigenvalue weighted by molar-refractivity contribution is 0.118. The second kappa shape index (κ2) is 8.77. The number of piperidine rings is 1. The molecule has 2 aliphatic heterocycles. The van der Waals surface area contributed by atoms with Crippen LogP contribution in [0.3, 0.4) is 0 Å². The van der Waals surface area contributed by atoms with E-state index < -0.39 is 0 Å². The van der Waals surface area contributed by atoms with Crippen LogP contribution in [0.1, 0.15) is 32.6 Å². The number of thioether (sulfide) groups is 1. The average Bonchev–Trinajstić information content (AvgIpc) is 3.09. The molecule has 1 unspecified atom stereocenters. The van der Waals surface area contributed by atoms with Gasteiger partial charge in [0.1, 0.15) is 0 Å². The number of benzene rings is 1. The average molecular weight is 348 g/mol. The van der Waals surface area contributed by atoms with Crippen LogP contribution >= 0.6 is 11.8 Å². The Balaban J connectivity index is 1.47. The molecule has 0 aromatic heterocycles. The van der Waals surface area contributed by atoms with Crippen LogP contribution in [-0.4, -0.2) is 59.1 Å². The van der Waals surface area contributed by atoms with Gasteiger partial charge in [0.05, 0.1) is 0 Å². The molecule has 1 aromatic carbocycles. The summed E-state index contributed by atoms with van der Waals surface area (Å²) >= 11 is 2.06. The van der Waals surface area contributed by atoms with Crippen LogP contribution in [0, 0.1) is 0 Å². The molecule has 2 amide bonds. The van der Waals surface area contributed by atoms with E-state index in [2.05, 4.69) is 28.9 Å². The predicted octanol–water partition coefficient (Wildman–Crippen LogP) is 3.90. The number of urea groups is 1. The minimum absolute atomic E-state index is 0.0409. The predicted molar refractivity (Wildman–Crippen MR) is 103 cm³/mol. The van der Waals surface area contributed by atoms with Gasteiger partial charge >= 0.3 is 6.03 Å². The zero-order chi connectivity index (χ0) is 16.8. The van der Waals surface area contributed by atoms with Crippen LogP contribution in [0.2, 0.25) is 0 Å². The van der Waals surface area contributed by atoms with E-state index in [4.69, 9.17) is 0 Å². The minimum atomic E-state index is 0.0409. The van der Waals surface area contributed by atoms with Gasteiger partial charge in [0.15, 0.2) is 0 Å². The Labute approximate surface area is 150 Å². The van der Waals surface area contributed by atoms with Gasteiger partial charge < -0.3 is 10.2 Å². The first kappa shape index (κ1) is 17.6. The fourth-order valence-electron chi connectivity index (χ4n) is 3.90. The first-order valence-electron chi connectivity index (χ1n) is 9.22. The van der Waals surface area contributed by atoms with E-state index in [0.29, 0.717) is 6.04 Å². The highest BCUT2D eigenvalue weighted by atomic mass is 32.2. The summed E-state index contributed by atoms with van der Waals surface area (Å²) in [6, 6.07) is 11.2. The van der Waals surface area contributed by atoms with Crippen molar-refractivity contribution >= 4 is 23.5 Å². The molecule has 2 fully saturated rings. The van der Waals surface area contributed by atoms with Gasteiger partial charge in [-0.2, -0.15) is 11.8 Å². The fourth-order valence-corrected chi connectivity index (χ4v) is 4.76. The third-order valence-electron chi connectivity index (χ3n) is 5.18. The van der Waals surface area contributed by atoms with Gasteiger partial charge in [0.25, 0.3) is 0 Å². The summed E-state index contributed by atoms with van der Waals surface area (Å²) < 4.78 is 0. The van der Waals surface area contributed by atoms with Crippen LogP contribution in [-0.2, 0) is 0 Å². The van der Waals surface area contributed by atoms with Gasteiger partial charge in [0.2, 0.25) is 0 Å². The van der Waals surface area contributed by atoms with E-state index in [0.717, 1.165) is 37.7 Å². The summed E-state index contributed by atoms with van der Waals surface area (Å²) in [5.41, 5.74) is 0.876. The Morgan fingerprint density at radius 3 is 2.62 bits per heavy atom. The zero-order valence-corrected chi connectivity index (χ0v) is 15.4. The third kappa shape index (κ3) is 4.45. The van der Waals surface area contributed by atoms with E-state index in [-0.39, 0.29) is 6.03 Å². The number of carbonyl (C=O) groups is 1. The van der Waals surface area contributed by atoms with Crippen molar-refractivity contribution in [3.63, 3.8) is 0 Å². The maximum absolute atomic E-state index is 12.4. The Hall–Kier alpha value is -1.20. The smallest absolute Gasteiger partial charge is 0.321 e. The summed E-state index contributed by atoms with van der Waals surface area (Å²) in [7, 11) is 0. The number of hydrogen-bond donors (Lipinski definition) is 1. The van der Waals surface area contributed by atoms with Crippen molar-refractivity contribution in [3.05, 3.63) is 30.3 Å². The lowest BCUT2D eigenvalue weighted by Gasteiger charge is -2.39. The maximum atomic E-state index is 12.4. The summed E-state index contributed by atoms with van der Waals surface area (Å²) in [6.45, 7) is 5.23. The van der Waals surface area contributed by atoms with E-state index in [1.165, 1.54) is 30.9 Å². The topological polar surface area (TPSA) is 35.6 Å². The molecular formula is C19H29N3OS. The van der Waals surface area contributed by atoms with E-state index in [1.54, 1.807) is 0 Å². The first-order valence-corrected chi connectivity index (χ1v) is 10.4. The SMILES string of the molecule is CCSCC1CCCN1C1CCN(C(=O)Nc2ccccc2)CC1. The number of hydrogen-bond acceptors (Lipinski definition) is 3. The zero-order valence-electron chi connectivity index (χ0n) is 14.6. The van der Waals surface area contributed by atoms with Crippen LogP contribution in [0.5, 0.6) is 0 Å². The Bertz CT molecular complexity index is 517. The molecule has 5 heteroatoms. The van der Waals surface area contributed by atoms with E-state index in [9.17, 15) is 4.79 Å². The summed E-state index contributed by atoms with van der Waals surface area (Å²) in [4.78, 5) is 17.1. The Morgan fingerprint density at radius 2 is 1.92 bits per heavy atom. The molecule has 2 saturated heterocycles. The molecule has 0 aliphatic carbocycles. The van der Waals surface area contributed by atoms with Gasteiger partial charge in [-0.05, 0) is 50.1 Å². The fraction of sp³-hybridized carbons (Fsp3) is 0.632. The van der Waals surface area contributed by atoms with Crippen molar-refractivity contribution in [2.24, 2.45) is 0 Å². The summed E-state index contributed by atoms with van der Waals surface area (Å²) in [6.07, 6.45) is 4.90. The van der Waals surface area contributed by atoms with Gasteiger partial charge in [-0.15, -0.1) is 0 Å². The minimum Gasteiger partial charge on any atom is -0.324 e. The highest BCUT2D eigenvalue weighted by Gasteiger charge is 2.33. The molecule has 132 valence electrons. The van der Waals surface area contributed by atoms with Gasteiger partial charge in [0, 0.05) is 36.6 Å². The number of nitrogens with zero attached hydrogens (tertiary/aromatic N) is 2. The largest absolute Gasteiger partial charge is 0.324 e. The molecule has 0 bridgehead atoms. The second-order valence-electron chi connectivity index (χ2n) is 6.71. The van der Waals surface area contributed by atoms with Gasteiger partial charge in [-0.3, -0.25) is 4.90 Å². The molecule has 0 radical (unpaired) electrons. The quantitative estimate of drug-likeness (QED) is 0.877. The number of amides is 2. The van der Waals surface area contributed by atoms with Crippen molar-refractivity contribution in [3.8, 4) is 0 Å². The molecule has 1 atom stereocenters. The number of carbonyl (C=O) groups excluding carboxylic acids is 1. The van der Waals surface area contributed by atoms with Crippen LogP contribution in [0.25, 0.3) is 0 Å². The van der Waals surface area contributed by atoms with Gasteiger partial charge in [-0.1, -0.05) is 25.1 Å². The standard InChI is InChI=1S/C19H29N3OS/c1-2-24-15-18-9-6-12-22(18)17-10-13-21(14-11-17)19(23)20-16-7-4-3-5-8-16/h3-5,7-8,17-18H,2,6,9-15H2,1H3,(H,20,23). The van der Waals surface area contributed by atoms with Crippen molar-refractivity contribution in [2.75, 3.05) is 36.5 Å². The van der Waals surface area contributed by atoms with Gasteiger partial charge in [-0.25, -0.2) is 4.79 Å². The molecule has 0 spiro atoms. The molecule has 0 saturated carbocycles. The lowest BCUT2D eigenvalue weighted by Crippen LogP contribution is -2.49. The maximum Gasteiger partial charge on any atom is 0.321 e. The van der Waals surface area contributed by atoms with Crippen LogP contribution in [0.15, 0.2) is 30.3 Å². The molecule has 2 aliphatic rings. The van der Waals surface area contributed by atoms with Crippen molar-refractivity contribution in [1.29, 1.82) is 0 Å². The number of rotatable bonds is 5. The number of para-hydroxylation sites is 1.